The summed E-state index contributed by atoms with van der Waals surface area (Å²) in [5.74, 6) is 0.884. The van der Waals surface area contributed by atoms with Gasteiger partial charge in [-0.05, 0) is 49.7 Å². The first-order chi connectivity index (χ1) is 10.2. The second kappa shape index (κ2) is 5.74. The van der Waals surface area contributed by atoms with Gasteiger partial charge in [-0.3, -0.25) is 0 Å². The van der Waals surface area contributed by atoms with E-state index in [4.69, 9.17) is 4.74 Å². The Morgan fingerprint density at radius 2 is 2.05 bits per heavy atom. The molecule has 108 valence electrons. The van der Waals surface area contributed by atoms with Crippen LogP contribution in [0.3, 0.4) is 0 Å². The van der Waals surface area contributed by atoms with Gasteiger partial charge in [0.1, 0.15) is 5.75 Å². The minimum absolute atomic E-state index is 0.214. The van der Waals surface area contributed by atoms with Gasteiger partial charge in [-0.25, -0.2) is 4.98 Å². The lowest BCUT2D eigenvalue weighted by Crippen LogP contribution is -2.06. The van der Waals surface area contributed by atoms with Gasteiger partial charge in [0, 0.05) is 11.7 Å². The number of nitrogens with zero attached hydrogens (tertiary/aromatic N) is 1. The Hall–Kier alpha value is -2.07. The van der Waals surface area contributed by atoms with Crippen LogP contribution in [0.1, 0.15) is 23.5 Å². The quantitative estimate of drug-likeness (QED) is 0.752. The number of nitrogens with one attached hydrogen (secondary N) is 1. The molecule has 1 unspecified atom stereocenters. The average Bonchev–Trinajstić information content (AvgIpc) is 2.86. The molecule has 4 heteroatoms. The molecule has 21 heavy (non-hydrogen) atoms. The van der Waals surface area contributed by atoms with Crippen molar-refractivity contribution in [2.45, 2.75) is 19.9 Å². The van der Waals surface area contributed by atoms with Gasteiger partial charge in [0.05, 0.1) is 22.3 Å². The number of thiazole rings is 1. The molecule has 3 aromatic rings. The molecule has 0 spiro atoms. The van der Waals surface area contributed by atoms with Crippen molar-refractivity contribution >= 4 is 27.2 Å². The number of aromatic nitrogens is 1. The van der Waals surface area contributed by atoms with Crippen LogP contribution in [0.25, 0.3) is 10.2 Å². The van der Waals surface area contributed by atoms with Crippen LogP contribution in [0.2, 0.25) is 0 Å². The van der Waals surface area contributed by atoms with Crippen molar-refractivity contribution in [3.63, 3.8) is 0 Å². The fourth-order valence-corrected chi connectivity index (χ4v) is 3.24. The third kappa shape index (κ3) is 3.00. The Morgan fingerprint density at radius 1 is 1.19 bits per heavy atom. The summed E-state index contributed by atoms with van der Waals surface area (Å²) >= 11 is 1.72. The van der Waals surface area contributed by atoms with E-state index >= 15 is 0 Å². The highest BCUT2D eigenvalue weighted by molar-refractivity contribution is 7.18. The van der Waals surface area contributed by atoms with E-state index < -0.39 is 0 Å². The van der Waals surface area contributed by atoms with E-state index in [0.29, 0.717) is 0 Å². The summed E-state index contributed by atoms with van der Waals surface area (Å²) < 4.78 is 6.50. The maximum absolute atomic E-state index is 5.28. The first-order valence-corrected chi connectivity index (χ1v) is 7.75. The molecule has 0 amide bonds. The maximum Gasteiger partial charge on any atom is 0.119 e. The van der Waals surface area contributed by atoms with Gasteiger partial charge in [0.2, 0.25) is 0 Å². The summed E-state index contributed by atoms with van der Waals surface area (Å²) in [5.41, 5.74) is 3.38. The molecule has 3 rings (SSSR count). The first kappa shape index (κ1) is 13.9. The average molecular weight is 298 g/mol. The largest absolute Gasteiger partial charge is 0.497 e. The lowest BCUT2D eigenvalue weighted by atomic mass is 10.1. The molecule has 0 saturated heterocycles. The number of hydrogen-bond acceptors (Lipinski definition) is 4. The Balaban J connectivity index is 1.83. The third-order valence-corrected chi connectivity index (χ3v) is 4.41. The van der Waals surface area contributed by atoms with Gasteiger partial charge in [-0.15, -0.1) is 11.3 Å². The highest BCUT2D eigenvalue weighted by Gasteiger charge is 2.08. The maximum atomic E-state index is 5.28. The Bertz CT molecular complexity index is 766. The van der Waals surface area contributed by atoms with Crippen molar-refractivity contribution in [3.05, 3.63) is 53.0 Å². The molecule has 0 aliphatic carbocycles. The zero-order valence-electron chi connectivity index (χ0n) is 12.4. The number of anilines is 1. The van der Waals surface area contributed by atoms with Crippen LogP contribution in [0.4, 0.5) is 5.69 Å². The predicted molar refractivity (Wildman–Crippen MR) is 89.4 cm³/mol. The minimum Gasteiger partial charge on any atom is -0.497 e. The first-order valence-electron chi connectivity index (χ1n) is 6.93. The standard InChI is InChI=1S/C17H18N2OS/c1-11(13-5-4-6-15(9-13)20-3)18-14-7-8-16-17(10-14)21-12(2)19-16/h4-11,18H,1-3H3. The van der Waals surface area contributed by atoms with Gasteiger partial charge in [0.15, 0.2) is 0 Å². The number of rotatable bonds is 4. The summed E-state index contributed by atoms with van der Waals surface area (Å²) in [4.78, 5) is 4.49. The van der Waals surface area contributed by atoms with E-state index in [1.165, 1.54) is 10.3 Å². The van der Waals surface area contributed by atoms with Crippen LogP contribution in [0, 0.1) is 6.92 Å². The molecule has 0 saturated carbocycles. The molecule has 0 aliphatic rings. The van der Waals surface area contributed by atoms with Crippen molar-refractivity contribution in [1.29, 1.82) is 0 Å². The fraction of sp³-hybridized carbons (Fsp3) is 0.235. The van der Waals surface area contributed by atoms with Crippen molar-refractivity contribution in [2.75, 3.05) is 12.4 Å². The van der Waals surface area contributed by atoms with E-state index in [9.17, 15) is 0 Å². The minimum atomic E-state index is 0.214. The smallest absolute Gasteiger partial charge is 0.119 e. The van der Waals surface area contributed by atoms with Gasteiger partial charge in [0.25, 0.3) is 0 Å². The van der Waals surface area contributed by atoms with E-state index in [1.54, 1.807) is 18.4 Å². The summed E-state index contributed by atoms with van der Waals surface area (Å²) in [5, 5.41) is 4.63. The van der Waals surface area contributed by atoms with Crippen molar-refractivity contribution in [2.24, 2.45) is 0 Å². The number of ether oxygens (including phenoxy) is 1. The molecule has 1 N–H and O–H groups in total. The molecule has 0 radical (unpaired) electrons. The highest BCUT2D eigenvalue weighted by atomic mass is 32.1. The number of fused-ring (bicyclic) bond motifs is 1. The SMILES string of the molecule is COc1cccc(C(C)Nc2ccc3nc(C)sc3c2)c1. The topological polar surface area (TPSA) is 34.1 Å². The molecule has 1 aromatic heterocycles. The Labute approximate surface area is 128 Å². The number of methoxy groups -OCH3 is 1. The molecule has 2 aromatic carbocycles. The van der Waals surface area contributed by atoms with E-state index in [2.05, 4.69) is 47.6 Å². The summed E-state index contributed by atoms with van der Waals surface area (Å²) in [6.45, 7) is 4.19. The van der Waals surface area contributed by atoms with Gasteiger partial charge >= 0.3 is 0 Å². The van der Waals surface area contributed by atoms with Crippen LogP contribution < -0.4 is 10.1 Å². The van der Waals surface area contributed by atoms with E-state index in [1.807, 2.05) is 19.1 Å². The summed E-state index contributed by atoms with van der Waals surface area (Å²) in [7, 11) is 1.69. The van der Waals surface area contributed by atoms with Crippen LogP contribution >= 0.6 is 11.3 Å². The number of hydrogen-bond donors (Lipinski definition) is 1. The molecule has 0 aliphatic heterocycles. The van der Waals surface area contributed by atoms with Crippen LogP contribution in [0.15, 0.2) is 42.5 Å². The molecule has 3 nitrogen and oxygen atoms in total. The predicted octanol–water partition coefficient (Wildman–Crippen LogP) is 4.79. The summed E-state index contributed by atoms with van der Waals surface area (Å²) in [6.07, 6.45) is 0. The lowest BCUT2D eigenvalue weighted by molar-refractivity contribution is 0.414. The molecule has 0 fully saturated rings. The van der Waals surface area contributed by atoms with Crippen LogP contribution in [-0.2, 0) is 0 Å². The molecule has 1 heterocycles. The highest BCUT2D eigenvalue weighted by Crippen LogP contribution is 2.27. The van der Waals surface area contributed by atoms with Crippen molar-refractivity contribution in [1.82, 2.24) is 4.98 Å². The Kier molecular flexibility index (Phi) is 3.80. The second-order valence-corrected chi connectivity index (χ2v) is 6.29. The van der Waals surface area contributed by atoms with Gasteiger partial charge in [-0.2, -0.15) is 0 Å². The van der Waals surface area contributed by atoms with Crippen molar-refractivity contribution < 1.29 is 4.74 Å². The fourth-order valence-electron chi connectivity index (χ4n) is 2.37. The normalized spacial score (nSPS) is 12.3. The Morgan fingerprint density at radius 3 is 2.86 bits per heavy atom. The zero-order valence-corrected chi connectivity index (χ0v) is 13.2. The van der Waals surface area contributed by atoms with Crippen LogP contribution in [-0.4, -0.2) is 12.1 Å². The molecule has 0 bridgehead atoms. The number of benzene rings is 2. The van der Waals surface area contributed by atoms with E-state index in [0.717, 1.165) is 22.0 Å². The van der Waals surface area contributed by atoms with Crippen LogP contribution in [0.5, 0.6) is 5.75 Å². The monoisotopic (exact) mass is 298 g/mol. The molecular weight excluding hydrogens is 280 g/mol. The van der Waals surface area contributed by atoms with Crippen molar-refractivity contribution in [3.8, 4) is 5.75 Å². The molecular formula is C17H18N2OS. The van der Waals surface area contributed by atoms with Gasteiger partial charge < -0.3 is 10.1 Å². The lowest BCUT2D eigenvalue weighted by Gasteiger charge is -2.16. The zero-order chi connectivity index (χ0) is 14.8. The number of aryl methyl sites for hydroxylation is 1. The van der Waals surface area contributed by atoms with Gasteiger partial charge in [-0.1, -0.05) is 12.1 Å². The molecule has 1 atom stereocenters. The van der Waals surface area contributed by atoms with E-state index in [-0.39, 0.29) is 6.04 Å². The second-order valence-electron chi connectivity index (χ2n) is 5.06. The third-order valence-electron chi connectivity index (χ3n) is 3.47. The summed E-state index contributed by atoms with van der Waals surface area (Å²) in [6, 6.07) is 14.7.